The SMILES string of the molecule is [C-]1=CC=CC1.[CH3-].[CH3-].[CH3-].[CH3-].[CH3-].[Hf].c1ccc([N-]c2ccccc2)cc1. The average Bonchev–Trinajstić information content (AvgIpc) is 3.00. The van der Waals surface area contributed by atoms with Crippen LogP contribution >= 0.6 is 0 Å². The van der Waals surface area contributed by atoms with Crippen molar-refractivity contribution in [2.24, 2.45) is 0 Å². The molecule has 1 aliphatic rings. The molecule has 0 aliphatic heterocycles. The summed E-state index contributed by atoms with van der Waals surface area (Å²) in [7, 11) is 0. The zero-order valence-corrected chi connectivity index (χ0v) is 19.3. The monoisotopic (exact) mass is 488 g/mol. The normalized spacial score (nSPS) is 8.83. The molecule has 0 amide bonds. The van der Waals surface area contributed by atoms with Crippen LogP contribution in [0.1, 0.15) is 6.42 Å². The van der Waals surface area contributed by atoms with E-state index in [1.807, 2.05) is 72.8 Å². The standard InChI is InChI=1S/C12H10N.C5H5.5CH3.Hf/c1-3-7-11(8-4-1)13-12-9-5-2-6-10-12;1-2-4-5-3-1;;;;;;/h1-10H;1-3H,4H2;5*1H3;/q7*-1;. The molecule has 2 aromatic rings. The van der Waals surface area contributed by atoms with Crippen molar-refractivity contribution in [2.45, 2.75) is 6.42 Å². The number of hydrogen-bond donors (Lipinski definition) is 0. The minimum Gasteiger partial charge on any atom is -0.658 e. The molecule has 3 rings (SSSR count). The first-order valence-electron chi connectivity index (χ1n) is 5.99. The van der Waals surface area contributed by atoms with Crippen molar-refractivity contribution in [3.63, 3.8) is 0 Å². The molecule has 0 saturated carbocycles. The zero-order valence-electron chi connectivity index (χ0n) is 15.7. The Morgan fingerprint density at radius 3 is 1.33 bits per heavy atom. The molecule has 0 saturated heterocycles. The minimum atomic E-state index is 0. The summed E-state index contributed by atoms with van der Waals surface area (Å²) in [6, 6.07) is 19.9. The van der Waals surface area contributed by atoms with Gasteiger partial charge in [0, 0.05) is 25.8 Å². The maximum Gasteiger partial charge on any atom is 0 e. The summed E-state index contributed by atoms with van der Waals surface area (Å²) in [5, 5.41) is 4.44. The van der Waals surface area contributed by atoms with E-state index in [0.717, 1.165) is 17.8 Å². The Morgan fingerprint density at radius 1 is 0.667 bits per heavy atom. The van der Waals surface area contributed by atoms with E-state index in [0.29, 0.717) is 0 Å². The fraction of sp³-hybridized carbons (Fsp3) is 0.0455. The predicted molar refractivity (Wildman–Crippen MR) is 109 cm³/mol. The third-order valence-electron chi connectivity index (χ3n) is 2.36. The van der Waals surface area contributed by atoms with Crippen LogP contribution in [0.3, 0.4) is 0 Å². The minimum absolute atomic E-state index is 0. The van der Waals surface area contributed by atoms with E-state index in [1.54, 1.807) is 0 Å². The molecular weight excluding hydrogens is 457 g/mol. The van der Waals surface area contributed by atoms with Gasteiger partial charge in [-0.3, -0.25) is 6.08 Å². The third kappa shape index (κ3) is 14.2. The first-order chi connectivity index (χ1) is 8.95. The number of rotatable bonds is 2. The van der Waals surface area contributed by atoms with Gasteiger partial charge in [0.25, 0.3) is 0 Å². The molecule has 0 bridgehead atoms. The van der Waals surface area contributed by atoms with E-state index in [1.165, 1.54) is 0 Å². The van der Waals surface area contributed by atoms with Crippen LogP contribution in [0.5, 0.6) is 0 Å². The van der Waals surface area contributed by atoms with Crippen molar-refractivity contribution in [3.8, 4) is 0 Å². The fourth-order valence-corrected chi connectivity index (χ4v) is 1.49. The van der Waals surface area contributed by atoms with Gasteiger partial charge in [0.15, 0.2) is 0 Å². The summed E-state index contributed by atoms with van der Waals surface area (Å²) in [4.78, 5) is 0. The molecule has 24 heavy (non-hydrogen) atoms. The Morgan fingerprint density at radius 2 is 1.08 bits per heavy atom. The van der Waals surface area contributed by atoms with Crippen molar-refractivity contribution in [1.29, 1.82) is 0 Å². The first kappa shape index (κ1) is 34.0. The van der Waals surface area contributed by atoms with Crippen LogP contribution in [0.15, 0.2) is 78.9 Å². The van der Waals surface area contributed by atoms with Crippen molar-refractivity contribution < 1.29 is 25.8 Å². The predicted octanol–water partition coefficient (Wildman–Crippen LogP) is 7.58. The van der Waals surface area contributed by atoms with Crippen LogP contribution in [-0.4, -0.2) is 0 Å². The number of para-hydroxylation sites is 2. The third-order valence-corrected chi connectivity index (χ3v) is 2.36. The second kappa shape index (κ2) is 21.6. The Labute approximate surface area is 170 Å². The summed E-state index contributed by atoms with van der Waals surface area (Å²) in [5.74, 6) is 0. The molecular formula is C22H30HfN-7. The van der Waals surface area contributed by atoms with Gasteiger partial charge in [0.1, 0.15) is 0 Å². The van der Waals surface area contributed by atoms with Gasteiger partial charge in [-0.15, -0.1) is 17.8 Å². The number of allylic oxidation sites excluding steroid dienone is 4. The molecule has 0 atom stereocenters. The largest absolute Gasteiger partial charge is 0.658 e. The Balaban J connectivity index is -0.0000000973. The van der Waals surface area contributed by atoms with Crippen molar-refractivity contribution >= 4 is 11.4 Å². The van der Waals surface area contributed by atoms with E-state index < -0.39 is 0 Å². The van der Waals surface area contributed by atoms with E-state index in [4.69, 9.17) is 0 Å². The molecule has 0 radical (unpaired) electrons. The Hall–Kier alpha value is -1.41. The van der Waals surface area contributed by atoms with E-state index in [2.05, 4.69) is 17.5 Å². The zero-order chi connectivity index (χ0) is 12.5. The summed E-state index contributed by atoms with van der Waals surface area (Å²) in [6.45, 7) is 0. The van der Waals surface area contributed by atoms with Crippen molar-refractivity contribution in [1.82, 2.24) is 0 Å². The van der Waals surface area contributed by atoms with Gasteiger partial charge in [-0.2, -0.15) is 6.08 Å². The second-order valence-electron chi connectivity index (χ2n) is 3.79. The molecule has 0 fully saturated rings. The van der Waals surface area contributed by atoms with Gasteiger partial charge in [0.2, 0.25) is 0 Å². The van der Waals surface area contributed by atoms with Crippen LogP contribution in [-0.2, 0) is 25.8 Å². The van der Waals surface area contributed by atoms with Crippen LogP contribution < -0.4 is 0 Å². The molecule has 0 unspecified atom stereocenters. The van der Waals surface area contributed by atoms with Crippen LogP contribution in [0.4, 0.5) is 11.4 Å². The van der Waals surface area contributed by atoms with Crippen LogP contribution in [0.2, 0.25) is 0 Å². The summed E-state index contributed by atoms with van der Waals surface area (Å²) < 4.78 is 0. The Bertz CT molecular complexity index is 457. The Kier molecular flexibility index (Phi) is 30.6. The quantitative estimate of drug-likeness (QED) is 0.307. The molecule has 134 valence electrons. The van der Waals surface area contributed by atoms with Gasteiger partial charge in [-0.25, -0.2) is 12.2 Å². The number of nitrogens with zero attached hydrogens (tertiary/aromatic N) is 1. The molecule has 1 nitrogen and oxygen atoms in total. The summed E-state index contributed by atoms with van der Waals surface area (Å²) in [6.07, 6.45) is 10.0. The molecule has 0 N–H and O–H groups in total. The van der Waals surface area contributed by atoms with Gasteiger partial charge in [-0.1, -0.05) is 60.7 Å². The van der Waals surface area contributed by atoms with Crippen molar-refractivity contribution in [2.75, 3.05) is 0 Å². The van der Waals surface area contributed by atoms with E-state index in [-0.39, 0.29) is 63.0 Å². The van der Waals surface area contributed by atoms with Gasteiger partial charge in [0.05, 0.1) is 0 Å². The fourth-order valence-electron chi connectivity index (χ4n) is 1.49. The second-order valence-corrected chi connectivity index (χ2v) is 3.79. The van der Waals surface area contributed by atoms with Gasteiger partial charge >= 0.3 is 0 Å². The number of hydrogen-bond acceptors (Lipinski definition) is 0. The van der Waals surface area contributed by atoms with Crippen LogP contribution in [0.25, 0.3) is 5.32 Å². The smallest absolute Gasteiger partial charge is 0 e. The molecule has 0 aromatic heterocycles. The van der Waals surface area contributed by atoms with E-state index >= 15 is 0 Å². The van der Waals surface area contributed by atoms with Gasteiger partial charge in [-0.05, 0) is 0 Å². The first-order valence-corrected chi connectivity index (χ1v) is 5.99. The molecule has 2 aromatic carbocycles. The topological polar surface area (TPSA) is 14.1 Å². The molecule has 0 heterocycles. The van der Waals surface area contributed by atoms with Gasteiger partial charge < -0.3 is 42.5 Å². The molecule has 2 heteroatoms. The maximum absolute atomic E-state index is 4.44. The maximum atomic E-state index is 4.44. The average molecular weight is 487 g/mol. The molecule has 0 spiro atoms. The number of benzene rings is 2. The van der Waals surface area contributed by atoms with E-state index in [9.17, 15) is 0 Å². The summed E-state index contributed by atoms with van der Waals surface area (Å²) >= 11 is 0. The summed E-state index contributed by atoms with van der Waals surface area (Å²) in [5.41, 5.74) is 1.99. The van der Waals surface area contributed by atoms with Crippen molar-refractivity contribution in [3.05, 3.63) is 127 Å². The molecule has 1 aliphatic carbocycles. The van der Waals surface area contributed by atoms with Crippen LogP contribution in [0, 0.1) is 43.2 Å².